The van der Waals surface area contributed by atoms with Crippen molar-refractivity contribution >= 4 is 10.8 Å². The van der Waals surface area contributed by atoms with Crippen LogP contribution in [0.2, 0.25) is 0 Å². The van der Waals surface area contributed by atoms with Crippen molar-refractivity contribution in [2.75, 3.05) is 7.11 Å². The number of ether oxygens (including phenoxy) is 1. The Hall–Kier alpha value is -3.60. The SMILES string of the molecule is CCCCc1cc(-c2ccc[nH]c2=O)cc(-n2ccc3ccccc3c2=O)c1OC. The number of methoxy groups -OCH3 is 1. The largest absolute Gasteiger partial charge is 0.494 e. The number of aryl methyl sites for hydroxylation is 1. The van der Waals surface area contributed by atoms with Gasteiger partial charge in [-0.25, -0.2) is 0 Å². The van der Waals surface area contributed by atoms with Crippen molar-refractivity contribution < 1.29 is 4.74 Å². The quantitative estimate of drug-likeness (QED) is 0.510. The molecule has 0 spiro atoms. The molecule has 5 heteroatoms. The summed E-state index contributed by atoms with van der Waals surface area (Å²) in [4.78, 5) is 28.4. The van der Waals surface area contributed by atoms with E-state index in [4.69, 9.17) is 4.74 Å². The van der Waals surface area contributed by atoms with Gasteiger partial charge in [0.15, 0.2) is 0 Å². The highest BCUT2D eigenvalue weighted by Gasteiger charge is 2.17. The summed E-state index contributed by atoms with van der Waals surface area (Å²) in [6, 6.07) is 16.9. The Bertz CT molecular complexity index is 1320. The standard InChI is InChI=1S/C25H24N2O3/c1-3-4-8-18-15-19(20-11-7-13-26-24(20)28)16-22(23(18)30-2)27-14-12-17-9-5-6-10-21(17)25(27)29/h5-7,9-16H,3-4,8H2,1-2H3,(H,26,28). The molecule has 0 aliphatic heterocycles. The molecule has 0 saturated carbocycles. The second kappa shape index (κ2) is 8.41. The first-order chi connectivity index (χ1) is 14.6. The van der Waals surface area contributed by atoms with Gasteiger partial charge in [-0.2, -0.15) is 0 Å². The van der Waals surface area contributed by atoms with Gasteiger partial charge in [0.25, 0.3) is 11.1 Å². The zero-order chi connectivity index (χ0) is 21.1. The molecule has 0 radical (unpaired) electrons. The number of rotatable bonds is 6. The molecular weight excluding hydrogens is 376 g/mol. The molecular formula is C25H24N2O3. The topological polar surface area (TPSA) is 64.1 Å². The Morgan fingerprint density at radius 3 is 2.63 bits per heavy atom. The third-order valence-corrected chi connectivity index (χ3v) is 5.35. The van der Waals surface area contributed by atoms with Gasteiger partial charge >= 0.3 is 0 Å². The second-order valence-corrected chi connectivity index (χ2v) is 7.28. The molecule has 1 N–H and O–H groups in total. The Morgan fingerprint density at radius 1 is 1.03 bits per heavy atom. The molecule has 0 saturated heterocycles. The van der Waals surface area contributed by atoms with Crippen molar-refractivity contribution in [1.82, 2.24) is 9.55 Å². The highest BCUT2D eigenvalue weighted by Crippen LogP contribution is 2.33. The van der Waals surface area contributed by atoms with Crippen LogP contribution in [-0.2, 0) is 6.42 Å². The fourth-order valence-corrected chi connectivity index (χ4v) is 3.82. The summed E-state index contributed by atoms with van der Waals surface area (Å²) in [6.45, 7) is 2.13. The summed E-state index contributed by atoms with van der Waals surface area (Å²) >= 11 is 0. The lowest BCUT2D eigenvalue weighted by molar-refractivity contribution is 0.407. The van der Waals surface area contributed by atoms with Crippen molar-refractivity contribution in [3.8, 4) is 22.6 Å². The molecule has 5 nitrogen and oxygen atoms in total. The van der Waals surface area contributed by atoms with Gasteiger partial charge in [0.1, 0.15) is 5.75 Å². The van der Waals surface area contributed by atoms with Crippen LogP contribution in [0.25, 0.3) is 27.6 Å². The molecule has 2 heterocycles. The summed E-state index contributed by atoms with van der Waals surface area (Å²) in [5.41, 5.74) is 2.66. The number of fused-ring (bicyclic) bond motifs is 1. The summed E-state index contributed by atoms with van der Waals surface area (Å²) in [5.74, 6) is 0.664. The summed E-state index contributed by atoms with van der Waals surface area (Å²) in [7, 11) is 1.62. The minimum absolute atomic E-state index is 0.119. The van der Waals surface area contributed by atoms with Crippen molar-refractivity contribution in [1.29, 1.82) is 0 Å². The third-order valence-electron chi connectivity index (χ3n) is 5.35. The Morgan fingerprint density at radius 2 is 1.87 bits per heavy atom. The van der Waals surface area contributed by atoms with Crippen LogP contribution in [0.5, 0.6) is 5.75 Å². The van der Waals surface area contributed by atoms with Crippen LogP contribution in [-0.4, -0.2) is 16.7 Å². The molecule has 0 unspecified atom stereocenters. The molecule has 4 aromatic rings. The average Bonchev–Trinajstić information content (AvgIpc) is 2.78. The number of nitrogens with one attached hydrogen (secondary N) is 1. The first-order valence-electron chi connectivity index (χ1n) is 10.1. The second-order valence-electron chi connectivity index (χ2n) is 7.28. The summed E-state index contributed by atoms with van der Waals surface area (Å²) < 4.78 is 7.38. The summed E-state index contributed by atoms with van der Waals surface area (Å²) in [5, 5.41) is 1.53. The Balaban J connectivity index is 2.02. The van der Waals surface area contributed by atoms with Gasteiger partial charge in [-0.1, -0.05) is 31.5 Å². The van der Waals surface area contributed by atoms with E-state index in [9.17, 15) is 9.59 Å². The van der Waals surface area contributed by atoms with E-state index >= 15 is 0 Å². The van der Waals surface area contributed by atoms with E-state index in [1.807, 2.05) is 42.5 Å². The van der Waals surface area contributed by atoms with Crippen LogP contribution in [0.1, 0.15) is 25.3 Å². The third kappa shape index (κ3) is 3.54. The maximum absolute atomic E-state index is 13.3. The lowest BCUT2D eigenvalue weighted by Crippen LogP contribution is -2.19. The maximum Gasteiger partial charge on any atom is 0.263 e. The van der Waals surface area contributed by atoms with E-state index in [-0.39, 0.29) is 11.1 Å². The number of unbranched alkanes of at least 4 members (excludes halogenated alkanes) is 1. The van der Waals surface area contributed by atoms with E-state index in [1.165, 1.54) is 0 Å². The smallest absolute Gasteiger partial charge is 0.263 e. The van der Waals surface area contributed by atoms with E-state index in [0.29, 0.717) is 22.4 Å². The molecule has 0 aliphatic rings. The first kappa shape index (κ1) is 19.7. The molecule has 30 heavy (non-hydrogen) atoms. The van der Waals surface area contributed by atoms with E-state index < -0.39 is 0 Å². The lowest BCUT2D eigenvalue weighted by atomic mass is 9.98. The Kier molecular flexibility index (Phi) is 5.53. The highest BCUT2D eigenvalue weighted by molar-refractivity contribution is 5.82. The normalized spacial score (nSPS) is 11.0. The minimum atomic E-state index is -0.166. The molecule has 152 valence electrons. The van der Waals surface area contributed by atoms with Gasteiger partial charge in [-0.3, -0.25) is 14.2 Å². The van der Waals surface area contributed by atoms with E-state index in [1.54, 1.807) is 36.2 Å². The van der Waals surface area contributed by atoms with E-state index in [0.717, 1.165) is 35.8 Å². The molecule has 2 aromatic heterocycles. The lowest BCUT2D eigenvalue weighted by Gasteiger charge is -2.18. The fourth-order valence-electron chi connectivity index (χ4n) is 3.82. The average molecular weight is 400 g/mol. The van der Waals surface area contributed by atoms with Crippen LogP contribution in [0.3, 0.4) is 0 Å². The van der Waals surface area contributed by atoms with Crippen molar-refractivity contribution in [3.05, 3.63) is 93.3 Å². The monoisotopic (exact) mass is 400 g/mol. The fraction of sp³-hybridized carbons (Fsp3) is 0.200. The number of hydrogen-bond donors (Lipinski definition) is 1. The van der Waals surface area contributed by atoms with E-state index in [2.05, 4.69) is 11.9 Å². The zero-order valence-electron chi connectivity index (χ0n) is 17.1. The molecule has 0 amide bonds. The number of pyridine rings is 2. The van der Waals surface area contributed by atoms with Gasteiger partial charge in [-0.05, 0) is 65.8 Å². The number of aromatic nitrogens is 2. The van der Waals surface area contributed by atoms with Crippen LogP contribution < -0.4 is 15.9 Å². The predicted octanol–water partition coefficient (Wildman–Crippen LogP) is 4.70. The summed E-state index contributed by atoms with van der Waals surface area (Å²) in [6.07, 6.45) is 6.20. The first-order valence-corrected chi connectivity index (χ1v) is 10.1. The van der Waals surface area contributed by atoms with Crippen LogP contribution in [0.15, 0.2) is 76.6 Å². The van der Waals surface area contributed by atoms with Crippen molar-refractivity contribution in [2.45, 2.75) is 26.2 Å². The molecule has 0 bridgehead atoms. The predicted molar refractivity (Wildman–Crippen MR) is 121 cm³/mol. The molecule has 0 fully saturated rings. The van der Waals surface area contributed by atoms with Gasteiger partial charge in [-0.15, -0.1) is 0 Å². The van der Waals surface area contributed by atoms with Crippen LogP contribution >= 0.6 is 0 Å². The van der Waals surface area contributed by atoms with Crippen LogP contribution in [0.4, 0.5) is 0 Å². The number of nitrogens with zero attached hydrogens (tertiary/aromatic N) is 1. The highest BCUT2D eigenvalue weighted by atomic mass is 16.5. The molecule has 4 rings (SSSR count). The molecule has 0 atom stereocenters. The van der Waals surface area contributed by atoms with Gasteiger partial charge in [0.2, 0.25) is 0 Å². The van der Waals surface area contributed by atoms with Gasteiger partial charge in [0.05, 0.1) is 12.8 Å². The number of H-pyrrole nitrogens is 1. The maximum atomic E-state index is 13.3. The minimum Gasteiger partial charge on any atom is -0.494 e. The number of hydrogen-bond acceptors (Lipinski definition) is 3. The van der Waals surface area contributed by atoms with Crippen molar-refractivity contribution in [2.24, 2.45) is 0 Å². The number of benzene rings is 2. The zero-order valence-corrected chi connectivity index (χ0v) is 17.1. The van der Waals surface area contributed by atoms with Crippen molar-refractivity contribution in [3.63, 3.8) is 0 Å². The van der Waals surface area contributed by atoms with Crippen LogP contribution in [0, 0.1) is 0 Å². The molecule has 2 aromatic carbocycles. The number of aromatic amines is 1. The van der Waals surface area contributed by atoms with Gasteiger partial charge in [0, 0.05) is 23.3 Å². The van der Waals surface area contributed by atoms with Gasteiger partial charge < -0.3 is 9.72 Å². The Labute approximate surface area is 174 Å². The molecule has 0 aliphatic carbocycles.